The largest absolute Gasteiger partial charge is 0.330 e. The number of rotatable bonds is 6. The molecule has 4 nitrogen and oxygen atoms in total. The van der Waals surface area contributed by atoms with Gasteiger partial charge in [-0.15, -0.1) is 0 Å². The van der Waals surface area contributed by atoms with E-state index >= 15 is 0 Å². The van der Waals surface area contributed by atoms with Gasteiger partial charge in [0.25, 0.3) is 0 Å². The zero-order chi connectivity index (χ0) is 21.0. The number of nitrogens with one attached hydrogen (secondary N) is 1. The van der Waals surface area contributed by atoms with Crippen molar-refractivity contribution < 1.29 is 0 Å². The number of fused-ring (bicyclic) bond motifs is 2. The zero-order valence-electron chi connectivity index (χ0n) is 18.8. The summed E-state index contributed by atoms with van der Waals surface area (Å²) < 4.78 is 0. The van der Waals surface area contributed by atoms with Crippen molar-refractivity contribution >= 4 is 0 Å². The molecule has 0 saturated heterocycles. The number of hydrogen-bond acceptors (Lipinski definition) is 4. The highest BCUT2D eigenvalue weighted by molar-refractivity contribution is 5.30. The first kappa shape index (κ1) is 21.1. The van der Waals surface area contributed by atoms with Crippen molar-refractivity contribution in [1.29, 1.82) is 0 Å². The van der Waals surface area contributed by atoms with E-state index in [4.69, 9.17) is 10.7 Å². The molecule has 1 fully saturated rings. The van der Waals surface area contributed by atoms with Crippen molar-refractivity contribution in [2.24, 2.45) is 17.6 Å². The molecule has 2 heterocycles. The van der Waals surface area contributed by atoms with E-state index in [0.717, 1.165) is 37.9 Å². The van der Waals surface area contributed by atoms with Gasteiger partial charge in [-0.2, -0.15) is 0 Å². The summed E-state index contributed by atoms with van der Waals surface area (Å²) in [7, 11) is 0. The van der Waals surface area contributed by atoms with E-state index in [1.165, 1.54) is 73.9 Å². The van der Waals surface area contributed by atoms with Crippen LogP contribution in [0.25, 0.3) is 0 Å². The van der Waals surface area contributed by atoms with Gasteiger partial charge in [-0.3, -0.25) is 9.88 Å². The van der Waals surface area contributed by atoms with Crippen LogP contribution in [0.4, 0.5) is 0 Å². The van der Waals surface area contributed by atoms with E-state index in [1.807, 2.05) is 6.20 Å². The Morgan fingerprint density at radius 3 is 2.52 bits per heavy atom. The average molecular weight is 419 g/mol. The SMILES string of the molecule is NC[C@H]1CC[C@H](CN(C[C@H]2Cc3ccccc3CN2)C2CCCc3cccnc32)CC1. The Hall–Kier alpha value is -1.75. The van der Waals surface area contributed by atoms with Crippen molar-refractivity contribution in [3.05, 3.63) is 65.0 Å². The van der Waals surface area contributed by atoms with Gasteiger partial charge in [-0.05, 0) is 92.5 Å². The summed E-state index contributed by atoms with van der Waals surface area (Å²) in [6.07, 6.45) is 12.1. The van der Waals surface area contributed by atoms with E-state index in [1.54, 1.807) is 0 Å². The minimum atomic E-state index is 0.469. The average Bonchev–Trinajstić information content (AvgIpc) is 2.83. The molecule has 2 aromatic rings. The predicted molar refractivity (Wildman–Crippen MR) is 127 cm³/mol. The molecule has 166 valence electrons. The van der Waals surface area contributed by atoms with Crippen molar-refractivity contribution in [1.82, 2.24) is 15.2 Å². The first-order chi connectivity index (χ1) is 15.3. The third kappa shape index (κ3) is 4.87. The Morgan fingerprint density at radius 1 is 0.903 bits per heavy atom. The monoisotopic (exact) mass is 418 g/mol. The fourth-order valence-electron chi connectivity index (χ4n) is 6.18. The quantitative estimate of drug-likeness (QED) is 0.737. The molecule has 2 atom stereocenters. The maximum Gasteiger partial charge on any atom is 0.0607 e. The third-order valence-corrected chi connectivity index (χ3v) is 8.02. The normalized spacial score (nSPS) is 28.2. The minimum absolute atomic E-state index is 0.469. The fraction of sp³-hybridized carbons (Fsp3) is 0.593. The molecule has 0 bridgehead atoms. The Labute approximate surface area is 187 Å². The molecule has 1 aromatic heterocycles. The molecule has 3 N–H and O–H groups in total. The number of nitrogens with two attached hydrogens (primary N) is 1. The summed E-state index contributed by atoms with van der Waals surface area (Å²) in [5.41, 5.74) is 11.8. The van der Waals surface area contributed by atoms with Gasteiger partial charge < -0.3 is 11.1 Å². The van der Waals surface area contributed by atoms with Crippen molar-refractivity contribution in [3.8, 4) is 0 Å². The van der Waals surface area contributed by atoms with Crippen LogP contribution in [-0.4, -0.2) is 35.6 Å². The van der Waals surface area contributed by atoms with Crippen LogP contribution in [0, 0.1) is 11.8 Å². The lowest BCUT2D eigenvalue weighted by molar-refractivity contribution is 0.111. The van der Waals surface area contributed by atoms with Gasteiger partial charge in [0.2, 0.25) is 0 Å². The number of hydrogen-bond donors (Lipinski definition) is 2. The van der Waals surface area contributed by atoms with Gasteiger partial charge in [-0.25, -0.2) is 0 Å². The molecule has 2 aliphatic carbocycles. The molecule has 1 unspecified atom stereocenters. The highest BCUT2D eigenvalue weighted by atomic mass is 15.2. The van der Waals surface area contributed by atoms with Crippen LogP contribution in [0.3, 0.4) is 0 Å². The minimum Gasteiger partial charge on any atom is -0.330 e. The van der Waals surface area contributed by atoms with Crippen molar-refractivity contribution in [2.45, 2.75) is 70.0 Å². The second-order valence-corrected chi connectivity index (χ2v) is 10.1. The van der Waals surface area contributed by atoms with Crippen LogP contribution in [0.15, 0.2) is 42.6 Å². The molecular formula is C27H38N4. The second-order valence-electron chi connectivity index (χ2n) is 10.1. The van der Waals surface area contributed by atoms with Gasteiger partial charge >= 0.3 is 0 Å². The zero-order valence-corrected chi connectivity index (χ0v) is 18.8. The first-order valence-electron chi connectivity index (χ1n) is 12.5. The maximum absolute atomic E-state index is 5.96. The summed E-state index contributed by atoms with van der Waals surface area (Å²) >= 11 is 0. The molecule has 5 rings (SSSR count). The Kier molecular flexibility index (Phi) is 6.68. The molecule has 0 radical (unpaired) electrons. The fourth-order valence-corrected chi connectivity index (χ4v) is 6.18. The molecule has 0 amide bonds. The van der Waals surface area contributed by atoms with Crippen molar-refractivity contribution in [2.75, 3.05) is 19.6 Å². The first-order valence-corrected chi connectivity index (χ1v) is 12.5. The highest BCUT2D eigenvalue weighted by Crippen LogP contribution is 2.36. The van der Waals surface area contributed by atoms with Gasteiger partial charge in [0, 0.05) is 31.9 Å². The van der Waals surface area contributed by atoms with Gasteiger partial charge in [0.05, 0.1) is 11.7 Å². The van der Waals surface area contributed by atoms with E-state index < -0.39 is 0 Å². The Morgan fingerprint density at radius 2 is 1.68 bits per heavy atom. The number of benzene rings is 1. The summed E-state index contributed by atoms with van der Waals surface area (Å²) in [6.45, 7) is 4.18. The van der Waals surface area contributed by atoms with Gasteiger partial charge in [-0.1, -0.05) is 30.3 Å². The van der Waals surface area contributed by atoms with Crippen LogP contribution < -0.4 is 11.1 Å². The van der Waals surface area contributed by atoms with Gasteiger partial charge in [0.15, 0.2) is 0 Å². The van der Waals surface area contributed by atoms with Crippen LogP contribution >= 0.6 is 0 Å². The highest BCUT2D eigenvalue weighted by Gasteiger charge is 2.32. The van der Waals surface area contributed by atoms with Gasteiger partial charge in [0.1, 0.15) is 0 Å². The molecule has 31 heavy (non-hydrogen) atoms. The smallest absolute Gasteiger partial charge is 0.0607 e. The van der Waals surface area contributed by atoms with Crippen molar-refractivity contribution in [3.63, 3.8) is 0 Å². The maximum atomic E-state index is 5.96. The van der Waals surface area contributed by atoms with Crippen LogP contribution in [-0.2, 0) is 19.4 Å². The topological polar surface area (TPSA) is 54.2 Å². The standard InChI is InChI=1S/C27H38N4/c28-16-20-10-12-21(13-11-20)18-31(26-9-3-7-22-8-4-14-29-27(22)26)19-25-15-23-5-1-2-6-24(23)17-30-25/h1-2,4-6,8,14,20-21,25-26,30H,3,7,9-13,15-19,28H2/t20-,21-,25-,26?/m1/s1. The lowest BCUT2D eigenvalue weighted by atomic mass is 9.81. The van der Waals surface area contributed by atoms with E-state index in [2.05, 4.69) is 46.6 Å². The Balaban J connectivity index is 1.34. The van der Waals surface area contributed by atoms with Crippen LogP contribution in [0.2, 0.25) is 0 Å². The molecule has 1 aromatic carbocycles. The number of aromatic nitrogens is 1. The lowest BCUT2D eigenvalue weighted by Gasteiger charge is -2.41. The second kappa shape index (κ2) is 9.81. The van der Waals surface area contributed by atoms with E-state index in [-0.39, 0.29) is 0 Å². The number of nitrogens with zero attached hydrogens (tertiary/aromatic N) is 2. The molecule has 1 aliphatic heterocycles. The molecule has 1 saturated carbocycles. The van der Waals surface area contributed by atoms with E-state index in [9.17, 15) is 0 Å². The molecular weight excluding hydrogens is 380 g/mol. The molecule has 4 heteroatoms. The third-order valence-electron chi connectivity index (χ3n) is 8.02. The van der Waals surface area contributed by atoms with Crippen LogP contribution in [0.1, 0.15) is 67.0 Å². The number of pyridine rings is 1. The summed E-state index contributed by atoms with van der Waals surface area (Å²) in [5, 5.41) is 3.84. The Bertz CT molecular complexity index is 858. The van der Waals surface area contributed by atoms with Crippen LogP contribution in [0.5, 0.6) is 0 Å². The summed E-state index contributed by atoms with van der Waals surface area (Å²) in [4.78, 5) is 7.70. The lowest BCUT2D eigenvalue weighted by Crippen LogP contribution is -2.48. The number of aryl methyl sites for hydroxylation is 1. The molecule has 0 spiro atoms. The molecule has 3 aliphatic rings. The van der Waals surface area contributed by atoms with E-state index in [0.29, 0.717) is 12.1 Å². The summed E-state index contributed by atoms with van der Waals surface area (Å²) in [5.74, 6) is 1.55. The predicted octanol–water partition coefficient (Wildman–Crippen LogP) is 4.24. The summed E-state index contributed by atoms with van der Waals surface area (Å²) in [6, 6.07) is 14.3.